The van der Waals surface area contributed by atoms with Crippen molar-refractivity contribution in [2.45, 2.75) is 19.4 Å². The van der Waals surface area contributed by atoms with Gasteiger partial charge >= 0.3 is 0 Å². The number of carbonyl (C=O) groups excluding carboxylic acids is 1. The molecular weight excluding hydrogens is 234 g/mol. The quantitative estimate of drug-likeness (QED) is 0.618. The molecule has 1 aliphatic rings. The first kappa shape index (κ1) is 12.5. The van der Waals surface area contributed by atoms with Gasteiger partial charge in [-0.25, -0.2) is 0 Å². The summed E-state index contributed by atoms with van der Waals surface area (Å²) in [7, 11) is 0. The number of carbonyl (C=O) groups is 1. The van der Waals surface area contributed by atoms with E-state index in [9.17, 15) is 14.9 Å². The van der Waals surface area contributed by atoms with Gasteiger partial charge < -0.3 is 10.6 Å². The van der Waals surface area contributed by atoms with Crippen molar-refractivity contribution >= 4 is 11.6 Å². The number of hydrogen-bond acceptors (Lipinski definition) is 4. The Morgan fingerprint density at radius 2 is 2.33 bits per heavy atom. The normalized spacial score (nSPS) is 18.6. The van der Waals surface area contributed by atoms with Crippen LogP contribution in [-0.2, 0) is 0 Å². The molecule has 0 bridgehead atoms. The minimum atomic E-state index is -0.469. The number of rotatable bonds is 3. The zero-order valence-electron chi connectivity index (χ0n) is 10.1. The first-order chi connectivity index (χ1) is 8.59. The van der Waals surface area contributed by atoms with Crippen molar-refractivity contribution in [1.82, 2.24) is 10.6 Å². The van der Waals surface area contributed by atoms with Gasteiger partial charge in [-0.15, -0.1) is 0 Å². The zero-order chi connectivity index (χ0) is 13.1. The lowest BCUT2D eigenvalue weighted by atomic mass is 10.1. The SMILES string of the molecule is Cc1c(C(=O)N[C@H]2CCNC2)cccc1[N+](=O)[O-]. The molecule has 1 aromatic carbocycles. The van der Waals surface area contributed by atoms with Crippen molar-refractivity contribution in [3.8, 4) is 0 Å². The van der Waals surface area contributed by atoms with Crippen molar-refractivity contribution in [3.63, 3.8) is 0 Å². The summed E-state index contributed by atoms with van der Waals surface area (Å²) < 4.78 is 0. The number of hydrogen-bond donors (Lipinski definition) is 2. The Balaban J connectivity index is 2.19. The predicted molar refractivity (Wildman–Crippen MR) is 66.6 cm³/mol. The number of benzene rings is 1. The maximum absolute atomic E-state index is 12.0. The third-order valence-corrected chi connectivity index (χ3v) is 3.14. The van der Waals surface area contributed by atoms with E-state index in [1.54, 1.807) is 13.0 Å². The number of amides is 1. The van der Waals surface area contributed by atoms with Crippen LogP contribution in [0.5, 0.6) is 0 Å². The molecule has 0 radical (unpaired) electrons. The lowest BCUT2D eigenvalue weighted by Gasteiger charge is -2.12. The highest BCUT2D eigenvalue weighted by Crippen LogP contribution is 2.21. The minimum Gasteiger partial charge on any atom is -0.348 e. The first-order valence-electron chi connectivity index (χ1n) is 5.85. The van der Waals surface area contributed by atoms with E-state index in [1.807, 2.05) is 0 Å². The van der Waals surface area contributed by atoms with Crippen LogP contribution in [0.15, 0.2) is 18.2 Å². The summed E-state index contributed by atoms with van der Waals surface area (Å²) in [4.78, 5) is 22.4. The fraction of sp³-hybridized carbons (Fsp3) is 0.417. The van der Waals surface area contributed by atoms with Crippen LogP contribution in [0.4, 0.5) is 5.69 Å². The molecule has 1 aliphatic heterocycles. The van der Waals surface area contributed by atoms with E-state index in [0.29, 0.717) is 11.1 Å². The second kappa shape index (κ2) is 5.14. The molecule has 6 nitrogen and oxygen atoms in total. The van der Waals surface area contributed by atoms with Crippen LogP contribution < -0.4 is 10.6 Å². The summed E-state index contributed by atoms with van der Waals surface area (Å²) in [6, 6.07) is 4.66. The van der Waals surface area contributed by atoms with Crippen molar-refractivity contribution in [3.05, 3.63) is 39.4 Å². The van der Waals surface area contributed by atoms with E-state index in [4.69, 9.17) is 0 Å². The molecule has 0 aliphatic carbocycles. The second-order valence-electron chi connectivity index (χ2n) is 4.37. The molecule has 1 amide bonds. The van der Waals surface area contributed by atoms with Gasteiger partial charge in [0.15, 0.2) is 0 Å². The fourth-order valence-electron chi connectivity index (χ4n) is 2.11. The Kier molecular flexibility index (Phi) is 3.57. The van der Waals surface area contributed by atoms with Gasteiger partial charge in [0.05, 0.1) is 4.92 Å². The smallest absolute Gasteiger partial charge is 0.273 e. The molecule has 6 heteroatoms. The molecule has 1 saturated heterocycles. The molecule has 2 N–H and O–H groups in total. The predicted octanol–water partition coefficient (Wildman–Crippen LogP) is 0.995. The number of nitrogens with zero attached hydrogens (tertiary/aromatic N) is 1. The molecular formula is C12H15N3O3. The van der Waals surface area contributed by atoms with E-state index in [-0.39, 0.29) is 17.6 Å². The van der Waals surface area contributed by atoms with Crippen LogP contribution in [-0.4, -0.2) is 30.0 Å². The van der Waals surface area contributed by atoms with Crippen LogP contribution in [0.2, 0.25) is 0 Å². The second-order valence-corrected chi connectivity index (χ2v) is 4.37. The summed E-state index contributed by atoms with van der Waals surface area (Å²) >= 11 is 0. The van der Waals surface area contributed by atoms with Crippen LogP contribution in [0.25, 0.3) is 0 Å². The van der Waals surface area contributed by atoms with Crippen molar-refractivity contribution in [2.24, 2.45) is 0 Å². The molecule has 96 valence electrons. The lowest BCUT2D eigenvalue weighted by molar-refractivity contribution is -0.385. The molecule has 1 fully saturated rings. The van der Waals surface area contributed by atoms with Crippen LogP contribution in [0.3, 0.4) is 0 Å². The topological polar surface area (TPSA) is 84.3 Å². The van der Waals surface area contributed by atoms with Crippen molar-refractivity contribution in [1.29, 1.82) is 0 Å². The molecule has 0 saturated carbocycles. The van der Waals surface area contributed by atoms with Gasteiger partial charge in [0.1, 0.15) is 0 Å². The van der Waals surface area contributed by atoms with E-state index in [2.05, 4.69) is 10.6 Å². The third kappa shape index (κ3) is 2.48. The molecule has 1 aromatic rings. The van der Waals surface area contributed by atoms with Gasteiger partial charge in [0, 0.05) is 29.8 Å². The molecule has 2 rings (SSSR count). The standard InChI is InChI=1S/C12H15N3O3/c1-8-10(3-2-4-11(8)15(17)18)12(16)14-9-5-6-13-7-9/h2-4,9,13H,5-7H2,1H3,(H,14,16)/t9-/m0/s1. The highest BCUT2D eigenvalue weighted by Gasteiger charge is 2.21. The van der Waals surface area contributed by atoms with Crippen LogP contribution in [0, 0.1) is 17.0 Å². The average molecular weight is 249 g/mol. The monoisotopic (exact) mass is 249 g/mol. The number of nitrogens with one attached hydrogen (secondary N) is 2. The highest BCUT2D eigenvalue weighted by atomic mass is 16.6. The molecule has 0 unspecified atom stereocenters. The maximum atomic E-state index is 12.0. The Morgan fingerprint density at radius 1 is 1.56 bits per heavy atom. The minimum absolute atomic E-state index is 0.0211. The Morgan fingerprint density at radius 3 is 2.94 bits per heavy atom. The van der Waals surface area contributed by atoms with Gasteiger partial charge in [-0.3, -0.25) is 14.9 Å². The van der Waals surface area contributed by atoms with Crippen molar-refractivity contribution < 1.29 is 9.72 Å². The number of nitro benzene ring substituents is 1. The summed E-state index contributed by atoms with van der Waals surface area (Å²) in [6.45, 7) is 3.23. The fourth-order valence-corrected chi connectivity index (χ4v) is 2.11. The highest BCUT2D eigenvalue weighted by molar-refractivity contribution is 5.96. The Hall–Kier alpha value is -1.95. The molecule has 18 heavy (non-hydrogen) atoms. The van der Waals surface area contributed by atoms with Gasteiger partial charge in [-0.05, 0) is 26.0 Å². The third-order valence-electron chi connectivity index (χ3n) is 3.14. The largest absolute Gasteiger partial charge is 0.348 e. The molecule has 0 aromatic heterocycles. The molecule has 1 atom stereocenters. The van der Waals surface area contributed by atoms with E-state index >= 15 is 0 Å². The van der Waals surface area contributed by atoms with Gasteiger partial charge in [0.2, 0.25) is 0 Å². The van der Waals surface area contributed by atoms with Crippen LogP contribution in [0.1, 0.15) is 22.3 Å². The Bertz CT molecular complexity index is 481. The first-order valence-corrected chi connectivity index (χ1v) is 5.85. The zero-order valence-corrected chi connectivity index (χ0v) is 10.1. The summed E-state index contributed by atoms with van der Waals surface area (Å²) in [5.74, 6) is -0.245. The summed E-state index contributed by atoms with van der Waals surface area (Å²) in [5, 5.41) is 16.8. The van der Waals surface area contributed by atoms with Crippen molar-refractivity contribution in [2.75, 3.05) is 13.1 Å². The van der Waals surface area contributed by atoms with Gasteiger partial charge in [-0.1, -0.05) is 6.07 Å². The molecule has 0 spiro atoms. The maximum Gasteiger partial charge on any atom is 0.273 e. The summed E-state index contributed by atoms with van der Waals surface area (Å²) in [5.41, 5.74) is 0.759. The van der Waals surface area contributed by atoms with E-state index in [1.165, 1.54) is 12.1 Å². The Labute approximate surface area is 105 Å². The van der Waals surface area contributed by atoms with Gasteiger partial charge in [0.25, 0.3) is 11.6 Å². The molecule has 1 heterocycles. The number of nitro groups is 1. The van der Waals surface area contributed by atoms with E-state index in [0.717, 1.165) is 19.5 Å². The van der Waals surface area contributed by atoms with Gasteiger partial charge in [-0.2, -0.15) is 0 Å². The van der Waals surface area contributed by atoms with E-state index < -0.39 is 4.92 Å². The van der Waals surface area contributed by atoms with Crippen LogP contribution >= 0.6 is 0 Å². The summed E-state index contributed by atoms with van der Waals surface area (Å²) in [6.07, 6.45) is 0.889. The lowest BCUT2D eigenvalue weighted by Crippen LogP contribution is -2.36. The average Bonchev–Trinajstić information content (AvgIpc) is 2.81.